The summed E-state index contributed by atoms with van der Waals surface area (Å²) in [6, 6.07) is 21.7. The monoisotopic (exact) mass is 571 g/mol. The lowest BCUT2D eigenvalue weighted by Crippen LogP contribution is -2.56. The molecule has 7 nitrogen and oxygen atoms in total. The number of carbonyl (C=O) groups is 3. The molecule has 3 aliphatic rings. The smallest absolute Gasteiger partial charge is 0.248 e. The number of aliphatic hydroxyl groups is 1. The van der Waals surface area contributed by atoms with Crippen LogP contribution >= 0.6 is 11.8 Å². The summed E-state index contributed by atoms with van der Waals surface area (Å²) < 4.78 is -1.23. The SMILES string of the molecule is CC[C@H](C)[C@H](CO)N1C(=O)[C@@H]2[C@H](C(=O)Nc3ccccc3)[C@]3(C)CCC2(S3)C1C(=O)Nc1ccc2ccccc2c1. The van der Waals surface area contributed by atoms with E-state index in [2.05, 4.69) is 17.6 Å². The van der Waals surface area contributed by atoms with Crippen molar-refractivity contribution in [2.45, 2.75) is 61.6 Å². The average Bonchev–Trinajstić information content (AvgIpc) is 3.54. The maximum Gasteiger partial charge on any atom is 0.248 e. The summed E-state index contributed by atoms with van der Waals surface area (Å²) in [5.74, 6) is -1.92. The topological polar surface area (TPSA) is 98.7 Å². The van der Waals surface area contributed by atoms with E-state index in [1.807, 2.05) is 86.6 Å². The number of amides is 3. The number of thioether (sulfide) groups is 1. The normalized spacial score (nSPS) is 29.8. The molecule has 7 atom stereocenters. The highest BCUT2D eigenvalue weighted by atomic mass is 32.2. The number of para-hydroxylation sites is 1. The molecule has 3 aromatic rings. The number of nitrogens with one attached hydrogen (secondary N) is 2. The molecule has 0 saturated carbocycles. The van der Waals surface area contributed by atoms with Crippen LogP contribution < -0.4 is 10.6 Å². The largest absolute Gasteiger partial charge is 0.394 e. The molecule has 41 heavy (non-hydrogen) atoms. The first-order valence-electron chi connectivity index (χ1n) is 14.5. The van der Waals surface area contributed by atoms with Gasteiger partial charge in [-0.1, -0.05) is 68.8 Å². The van der Waals surface area contributed by atoms with Gasteiger partial charge in [-0.05, 0) is 60.7 Å². The van der Waals surface area contributed by atoms with Gasteiger partial charge in [0.2, 0.25) is 17.7 Å². The summed E-state index contributed by atoms with van der Waals surface area (Å²) in [5.41, 5.74) is 1.34. The van der Waals surface area contributed by atoms with Crippen molar-refractivity contribution in [3.05, 3.63) is 72.8 Å². The Hall–Kier alpha value is -3.36. The Morgan fingerprint density at radius 1 is 0.976 bits per heavy atom. The minimum Gasteiger partial charge on any atom is -0.394 e. The third-order valence-corrected chi connectivity index (χ3v) is 11.6. The van der Waals surface area contributed by atoms with E-state index in [0.717, 1.165) is 23.6 Å². The zero-order chi connectivity index (χ0) is 28.9. The number of hydrogen-bond donors (Lipinski definition) is 3. The fourth-order valence-corrected chi connectivity index (χ4v) is 9.80. The van der Waals surface area contributed by atoms with Crippen LogP contribution in [0.4, 0.5) is 11.4 Å². The highest BCUT2D eigenvalue weighted by molar-refractivity contribution is 8.02. The molecule has 3 N–H and O–H groups in total. The molecule has 8 heteroatoms. The van der Waals surface area contributed by atoms with E-state index >= 15 is 0 Å². The minimum atomic E-state index is -0.807. The van der Waals surface area contributed by atoms with Crippen LogP contribution in [-0.2, 0) is 14.4 Å². The lowest BCUT2D eigenvalue weighted by atomic mass is 9.66. The predicted molar refractivity (Wildman–Crippen MR) is 164 cm³/mol. The first-order chi connectivity index (χ1) is 19.7. The average molecular weight is 572 g/mol. The molecule has 0 radical (unpaired) electrons. The van der Waals surface area contributed by atoms with Gasteiger partial charge in [0.1, 0.15) is 6.04 Å². The van der Waals surface area contributed by atoms with Gasteiger partial charge in [0.25, 0.3) is 0 Å². The van der Waals surface area contributed by atoms with E-state index in [1.165, 1.54) is 0 Å². The Balaban J connectivity index is 1.39. The summed E-state index contributed by atoms with van der Waals surface area (Å²) in [4.78, 5) is 44.3. The predicted octanol–water partition coefficient (Wildman–Crippen LogP) is 5.31. The Labute approximate surface area is 245 Å². The van der Waals surface area contributed by atoms with E-state index in [-0.39, 0.29) is 30.2 Å². The molecule has 2 unspecified atom stereocenters. The van der Waals surface area contributed by atoms with Crippen molar-refractivity contribution in [1.82, 2.24) is 4.90 Å². The highest BCUT2D eigenvalue weighted by Gasteiger charge is 2.77. The van der Waals surface area contributed by atoms with Gasteiger partial charge in [0.15, 0.2) is 0 Å². The molecule has 3 aliphatic heterocycles. The van der Waals surface area contributed by atoms with Crippen molar-refractivity contribution >= 4 is 51.6 Å². The van der Waals surface area contributed by atoms with Gasteiger partial charge in [0.05, 0.1) is 29.2 Å². The summed E-state index contributed by atoms with van der Waals surface area (Å²) in [7, 11) is 0. The molecule has 1 spiro atoms. The van der Waals surface area contributed by atoms with Crippen LogP contribution in [0.1, 0.15) is 40.0 Å². The van der Waals surface area contributed by atoms with Gasteiger partial charge in [0, 0.05) is 16.1 Å². The molecule has 3 aromatic carbocycles. The number of rotatable bonds is 8. The number of aliphatic hydroxyl groups excluding tert-OH is 1. The molecule has 0 aliphatic carbocycles. The minimum absolute atomic E-state index is 0.0236. The van der Waals surface area contributed by atoms with E-state index in [0.29, 0.717) is 17.8 Å². The molecule has 214 valence electrons. The summed E-state index contributed by atoms with van der Waals surface area (Å²) in [5, 5.41) is 18.8. The van der Waals surface area contributed by atoms with Gasteiger partial charge < -0.3 is 20.6 Å². The maximum absolute atomic E-state index is 14.5. The number of hydrogen-bond acceptors (Lipinski definition) is 5. The Morgan fingerprint density at radius 3 is 2.37 bits per heavy atom. The van der Waals surface area contributed by atoms with Crippen molar-refractivity contribution in [3.63, 3.8) is 0 Å². The molecule has 3 saturated heterocycles. The lowest BCUT2D eigenvalue weighted by Gasteiger charge is -2.39. The second-order valence-electron chi connectivity index (χ2n) is 12.0. The summed E-state index contributed by atoms with van der Waals surface area (Å²) in [6.07, 6.45) is 2.13. The third-order valence-electron chi connectivity index (χ3n) is 9.65. The third kappa shape index (κ3) is 4.43. The Morgan fingerprint density at radius 2 is 1.66 bits per heavy atom. The number of likely N-dealkylation sites (tertiary alicyclic amines) is 1. The first kappa shape index (κ1) is 27.8. The number of benzene rings is 3. The number of carbonyl (C=O) groups excluding carboxylic acids is 3. The van der Waals surface area contributed by atoms with Crippen LogP contribution in [0.25, 0.3) is 10.8 Å². The van der Waals surface area contributed by atoms with Gasteiger partial charge in [-0.15, -0.1) is 11.8 Å². The number of anilines is 2. The van der Waals surface area contributed by atoms with Crippen LogP contribution in [0.2, 0.25) is 0 Å². The van der Waals surface area contributed by atoms with Crippen LogP contribution in [0.15, 0.2) is 72.8 Å². The number of fused-ring (bicyclic) bond motifs is 2. The van der Waals surface area contributed by atoms with Gasteiger partial charge in [-0.3, -0.25) is 14.4 Å². The molecular formula is C33H37N3O4S. The fraction of sp³-hybridized carbons (Fsp3) is 0.424. The van der Waals surface area contributed by atoms with E-state index in [1.54, 1.807) is 16.7 Å². The van der Waals surface area contributed by atoms with Gasteiger partial charge in [-0.2, -0.15) is 0 Å². The van der Waals surface area contributed by atoms with Crippen LogP contribution in [0.3, 0.4) is 0 Å². The summed E-state index contributed by atoms with van der Waals surface area (Å²) in [6.45, 7) is 5.85. The molecule has 6 rings (SSSR count). The van der Waals surface area contributed by atoms with Crippen molar-refractivity contribution in [2.75, 3.05) is 17.2 Å². The van der Waals surface area contributed by atoms with Crippen LogP contribution in [0, 0.1) is 17.8 Å². The lowest BCUT2D eigenvalue weighted by molar-refractivity contribution is -0.142. The van der Waals surface area contributed by atoms with Crippen molar-refractivity contribution in [3.8, 4) is 0 Å². The zero-order valence-electron chi connectivity index (χ0n) is 23.7. The maximum atomic E-state index is 14.5. The Kier molecular flexibility index (Phi) is 7.10. The highest BCUT2D eigenvalue weighted by Crippen LogP contribution is 2.71. The fourth-order valence-electron chi connectivity index (χ4n) is 7.46. The quantitative estimate of drug-likeness (QED) is 0.341. The zero-order valence-corrected chi connectivity index (χ0v) is 24.5. The van der Waals surface area contributed by atoms with E-state index in [9.17, 15) is 19.5 Å². The molecule has 3 amide bonds. The standard InChI is InChI=1S/C33H37N3O4S/c1-4-20(2)25(19-37)36-28(30(39)35-24-15-14-21-10-8-9-11-22(21)18-24)33-17-16-32(3,41-33)26(27(33)31(36)40)29(38)34-23-12-6-5-7-13-23/h5-15,18,20,25-28,37H,4,16-17,19H2,1-3H3,(H,34,38)(H,35,39)/t20-,25-,26+,27-,28?,32-,33?/m0/s1. The van der Waals surface area contributed by atoms with Crippen molar-refractivity contribution in [2.24, 2.45) is 17.8 Å². The van der Waals surface area contributed by atoms with Gasteiger partial charge in [-0.25, -0.2) is 0 Å². The Bertz CT molecular complexity index is 1500. The molecule has 3 fully saturated rings. The first-order valence-corrected chi connectivity index (χ1v) is 15.3. The van der Waals surface area contributed by atoms with Crippen LogP contribution in [0.5, 0.6) is 0 Å². The number of nitrogens with zero attached hydrogens (tertiary/aromatic N) is 1. The van der Waals surface area contributed by atoms with Crippen LogP contribution in [-0.4, -0.2) is 55.9 Å². The molecule has 0 aromatic heterocycles. The molecular weight excluding hydrogens is 534 g/mol. The summed E-state index contributed by atoms with van der Waals surface area (Å²) >= 11 is 1.64. The van der Waals surface area contributed by atoms with Crippen molar-refractivity contribution in [1.29, 1.82) is 0 Å². The van der Waals surface area contributed by atoms with Crippen molar-refractivity contribution < 1.29 is 19.5 Å². The second kappa shape index (κ2) is 10.5. The van der Waals surface area contributed by atoms with Gasteiger partial charge >= 0.3 is 0 Å². The van der Waals surface area contributed by atoms with E-state index < -0.39 is 33.4 Å². The van der Waals surface area contributed by atoms with E-state index in [4.69, 9.17) is 0 Å². The molecule has 3 heterocycles. The second-order valence-corrected chi connectivity index (χ2v) is 13.9. The molecule has 2 bridgehead atoms.